The Bertz CT molecular complexity index is 691. The van der Waals surface area contributed by atoms with Gasteiger partial charge in [0.1, 0.15) is 6.07 Å². The number of imidazole rings is 1. The lowest BCUT2D eigenvalue weighted by molar-refractivity contribution is 0.0691. The number of hydrogen-bond donors (Lipinski definition) is 2. The second-order valence-electron chi connectivity index (χ2n) is 4.22. The molecule has 1 aromatic carbocycles. The van der Waals surface area contributed by atoms with Crippen molar-refractivity contribution in [2.75, 3.05) is 18.1 Å². The van der Waals surface area contributed by atoms with E-state index in [2.05, 4.69) is 16.4 Å². The molecule has 0 radical (unpaired) electrons. The quantitative estimate of drug-likeness (QED) is 0.796. The van der Waals surface area contributed by atoms with Gasteiger partial charge < -0.3 is 15.0 Å². The Labute approximate surface area is 126 Å². The van der Waals surface area contributed by atoms with Crippen LogP contribution in [0.3, 0.4) is 0 Å². The van der Waals surface area contributed by atoms with Crippen LogP contribution in [0.2, 0.25) is 0 Å². The Balaban J connectivity index is 2.00. The summed E-state index contributed by atoms with van der Waals surface area (Å²) in [5.74, 6) is -1.04. The van der Waals surface area contributed by atoms with Crippen LogP contribution in [0, 0.1) is 11.3 Å². The van der Waals surface area contributed by atoms with Crippen LogP contribution in [-0.4, -0.2) is 33.4 Å². The second kappa shape index (κ2) is 6.81. The molecule has 0 fully saturated rings. The first-order valence-corrected chi connectivity index (χ1v) is 7.44. The number of carboxylic acid groups (broad SMARTS) is 1. The molecular weight excluding hydrogens is 288 g/mol. The fourth-order valence-corrected chi connectivity index (χ4v) is 2.45. The van der Waals surface area contributed by atoms with Gasteiger partial charge in [-0.3, -0.25) is 0 Å². The van der Waals surface area contributed by atoms with Crippen molar-refractivity contribution in [1.82, 2.24) is 9.55 Å². The van der Waals surface area contributed by atoms with E-state index in [-0.39, 0.29) is 5.69 Å². The fraction of sp³-hybridized carbons (Fsp3) is 0.214. The van der Waals surface area contributed by atoms with Crippen LogP contribution in [0.15, 0.2) is 35.6 Å². The predicted octanol–water partition coefficient (Wildman–Crippen LogP) is 2.29. The molecule has 2 N–H and O–H groups in total. The van der Waals surface area contributed by atoms with Gasteiger partial charge in [-0.1, -0.05) is 6.07 Å². The number of thioether (sulfide) groups is 1. The zero-order chi connectivity index (χ0) is 15.2. The van der Waals surface area contributed by atoms with Crippen molar-refractivity contribution in [3.63, 3.8) is 0 Å². The molecule has 108 valence electrons. The minimum Gasteiger partial charge on any atom is -0.476 e. The van der Waals surface area contributed by atoms with E-state index in [0.29, 0.717) is 18.7 Å². The molecule has 6 nitrogen and oxygen atoms in total. The van der Waals surface area contributed by atoms with Gasteiger partial charge in [-0.05, 0) is 18.4 Å². The lowest BCUT2D eigenvalue weighted by Gasteiger charge is -2.10. The summed E-state index contributed by atoms with van der Waals surface area (Å²) < 4.78 is 1.70. The number of nitrogens with one attached hydrogen (secondary N) is 1. The number of nitriles is 1. The first-order chi connectivity index (χ1) is 10.2. The van der Waals surface area contributed by atoms with E-state index in [4.69, 9.17) is 5.11 Å². The summed E-state index contributed by atoms with van der Waals surface area (Å²) in [6, 6.07) is 7.86. The number of aromatic carboxylic acids is 1. The third-order valence-electron chi connectivity index (χ3n) is 2.90. The molecule has 0 amide bonds. The summed E-state index contributed by atoms with van der Waals surface area (Å²) >= 11 is 1.53. The summed E-state index contributed by atoms with van der Waals surface area (Å²) in [6.07, 6.45) is 4.89. The highest BCUT2D eigenvalue weighted by molar-refractivity contribution is 7.98. The Morgan fingerprint density at radius 1 is 1.57 bits per heavy atom. The van der Waals surface area contributed by atoms with Crippen molar-refractivity contribution >= 4 is 23.4 Å². The number of anilines is 1. The van der Waals surface area contributed by atoms with E-state index in [1.54, 1.807) is 4.57 Å². The summed E-state index contributed by atoms with van der Waals surface area (Å²) in [5, 5.41) is 21.2. The summed E-state index contributed by atoms with van der Waals surface area (Å²) in [7, 11) is 0. The molecule has 2 aromatic rings. The van der Waals surface area contributed by atoms with Crippen LogP contribution in [0.4, 0.5) is 5.69 Å². The van der Waals surface area contributed by atoms with Gasteiger partial charge in [0.2, 0.25) is 0 Å². The number of rotatable bonds is 6. The average Bonchev–Trinajstić information content (AvgIpc) is 2.96. The lowest BCUT2D eigenvalue weighted by Crippen LogP contribution is -2.10. The van der Waals surface area contributed by atoms with Crippen LogP contribution in [0.25, 0.3) is 0 Å². The van der Waals surface area contributed by atoms with Crippen LogP contribution < -0.4 is 5.32 Å². The van der Waals surface area contributed by atoms with E-state index in [0.717, 1.165) is 10.6 Å². The van der Waals surface area contributed by atoms with Gasteiger partial charge in [0.05, 0.1) is 17.6 Å². The zero-order valence-corrected chi connectivity index (χ0v) is 12.2. The van der Waals surface area contributed by atoms with Crippen LogP contribution in [-0.2, 0) is 6.54 Å². The minimum absolute atomic E-state index is 0.0251. The monoisotopic (exact) mass is 302 g/mol. The SMILES string of the molecule is CSc1cccc(NCCn2cnc(C(=O)O)c2)c1C#N. The van der Waals surface area contributed by atoms with Crippen molar-refractivity contribution in [3.05, 3.63) is 42.0 Å². The maximum Gasteiger partial charge on any atom is 0.356 e. The first-order valence-electron chi connectivity index (χ1n) is 6.21. The molecule has 0 aliphatic rings. The first kappa shape index (κ1) is 14.9. The number of aromatic nitrogens is 2. The lowest BCUT2D eigenvalue weighted by atomic mass is 10.2. The maximum atomic E-state index is 10.7. The predicted molar refractivity (Wildman–Crippen MR) is 80.6 cm³/mol. The Hall–Kier alpha value is -2.46. The number of carbonyl (C=O) groups is 1. The van der Waals surface area contributed by atoms with Gasteiger partial charge in [-0.2, -0.15) is 5.26 Å². The van der Waals surface area contributed by atoms with Gasteiger partial charge in [-0.25, -0.2) is 9.78 Å². The smallest absolute Gasteiger partial charge is 0.356 e. The largest absolute Gasteiger partial charge is 0.476 e. The third-order valence-corrected chi connectivity index (χ3v) is 3.68. The maximum absolute atomic E-state index is 10.7. The number of nitrogens with zero attached hydrogens (tertiary/aromatic N) is 3. The molecule has 0 bridgehead atoms. The molecule has 0 saturated heterocycles. The molecule has 2 rings (SSSR count). The zero-order valence-electron chi connectivity index (χ0n) is 11.4. The van der Waals surface area contributed by atoms with Crippen LogP contribution >= 0.6 is 11.8 Å². The summed E-state index contributed by atoms with van der Waals surface area (Å²) in [5.41, 5.74) is 1.43. The highest BCUT2D eigenvalue weighted by Crippen LogP contribution is 2.26. The Kier molecular flexibility index (Phi) is 4.85. The van der Waals surface area contributed by atoms with Crippen LogP contribution in [0.5, 0.6) is 0 Å². The molecule has 0 atom stereocenters. The van der Waals surface area contributed by atoms with E-state index in [1.165, 1.54) is 24.3 Å². The van der Waals surface area contributed by atoms with Gasteiger partial charge >= 0.3 is 5.97 Å². The summed E-state index contributed by atoms with van der Waals surface area (Å²) in [4.78, 5) is 15.4. The molecule has 21 heavy (non-hydrogen) atoms. The number of carboxylic acids is 1. The Morgan fingerprint density at radius 2 is 2.38 bits per heavy atom. The van der Waals surface area contributed by atoms with Gasteiger partial charge in [0, 0.05) is 24.2 Å². The van der Waals surface area contributed by atoms with Crippen LogP contribution in [0.1, 0.15) is 16.1 Å². The third kappa shape index (κ3) is 3.55. The topological polar surface area (TPSA) is 90.9 Å². The molecule has 0 aliphatic heterocycles. The van der Waals surface area contributed by atoms with E-state index >= 15 is 0 Å². The molecule has 0 saturated carbocycles. The van der Waals surface area contributed by atoms with Crippen molar-refractivity contribution in [2.45, 2.75) is 11.4 Å². The molecule has 1 heterocycles. The van der Waals surface area contributed by atoms with Gasteiger partial charge in [0.25, 0.3) is 0 Å². The van der Waals surface area contributed by atoms with Gasteiger partial charge in [-0.15, -0.1) is 11.8 Å². The number of benzene rings is 1. The highest BCUT2D eigenvalue weighted by Gasteiger charge is 2.08. The standard InChI is InChI=1S/C14H14N4O2S/c1-21-13-4-2-3-11(10(13)7-15)16-5-6-18-8-12(14(19)20)17-9-18/h2-4,8-9,16H,5-6H2,1H3,(H,19,20). The van der Waals surface area contributed by atoms with Gasteiger partial charge in [0.15, 0.2) is 5.69 Å². The Morgan fingerprint density at radius 3 is 3.00 bits per heavy atom. The van der Waals surface area contributed by atoms with E-state index in [1.807, 2.05) is 24.5 Å². The molecule has 0 spiro atoms. The van der Waals surface area contributed by atoms with E-state index < -0.39 is 5.97 Å². The molecule has 0 unspecified atom stereocenters. The van der Waals surface area contributed by atoms with Crippen molar-refractivity contribution in [3.8, 4) is 6.07 Å². The normalized spacial score (nSPS) is 10.1. The van der Waals surface area contributed by atoms with Crippen molar-refractivity contribution in [1.29, 1.82) is 5.26 Å². The van der Waals surface area contributed by atoms with Crippen molar-refractivity contribution in [2.24, 2.45) is 0 Å². The fourth-order valence-electron chi connectivity index (χ4n) is 1.88. The highest BCUT2D eigenvalue weighted by atomic mass is 32.2. The molecule has 0 aliphatic carbocycles. The second-order valence-corrected chi connectivity index (χ2v) is 5.07. The average molecular weight is 302 g/mol. The molecule has 1 aromatic heterocycles. The minimum atomic E-state index is -1.04. The molecular formula is C14H14N4O2S. The summed E-state index contributed by atoms with van der Waals surface area (Å²) in [6.45, 7) is 1.14. The molecule has 7 heteroatoms. The number of hydrogen-bond acceptors (Lipinski definition) is 5. The van der Waals surface area contributed by atoms with Crippen molar-refractivity contribution < 1.29 is 9.90 Å². The van der Waals surface area contributed by atoms with E-state index in [9.17, 15) is 10.1 Å².